The van der Waals surface area contributed by atoms with Crippen LogP contribution in [0.15, 0.2) is 12.2 Å². The molecule has 6 nitrogen and oxygen atoms in total. The highest BCUT2D eigenvalue weighted by atomic mass is 16.6. The number of aliphatic carboxylic acids is 1. The molecular formula is C14H24N2O4. The molecule has 0 aliphatic carbocycles. The molecule has 0 atom stereocenters. The number of nitrogens with zero attached hydrogens (tertiary/aromatic N) is 2. The van der Waals surface area contributed by atoms with Gasteiger partial charge in [0.1, 0.15) is 5.60 Å². The molecule has 0 aromatic heterocycles. The molecule has 1 rings (SSSR count). The number of carboxylic acids is 1. The minimum Gasteiger partial charge on any atom is -0.478 e. The van der Waals surface area contributed by atoms with Crippen molar-refractivity contribution in [2.75, 3.05) is 32.7 Å². The lowest BCUT2D eigenvalue weighted by molar-refractivity contribution is -0.132. The molecule has 0 saturated carbocycles. The lowest BCUT2D eigenvalue weighted by atomic mass is 10.2. The first-order valence-electron chi connectivity index (χ1n) is 6.80. The van der Waals surface area contributed by atoms with Gasteiger partial charge in [-0.05, 0) is 27.2 Å². The van der Waals surface area contributed by atoms with Crippen molar-refractivity contribution in [3.63, 3.8) is 0 Å². The average Bonchev–Trinajstić information content (AvgIpc) is 2.34. The van der Waals surface area contributed by atoms with Crippen LogP contribution in [0.5, 0.6) is 0 Å². The SMILES string of the molecule is C=C(CCN1CCN(C(=O)OC(C)(C)C)CC1)C(=O)O. The predicted molar refractivity (Wildman–Crippen MR) is 75.6 cm³/mol. The normalized spacial score (nSPS) is 16.9. The second-order valence-electron chi connectivity index (χ2n) is 5.97. The number of ether oxygens (including phenoxy) is 1. The van der Waals surface area contributed by atoms with E-state index in [9.17, 15) is 9.59 Å². The maximum Gasteiger partial charge on any atom is 0.410 e. The van der Waals surface area contributed by atoms with E-state index in [1.54, 1.807) is 4.90 Å². The number of hydrogen-bond donors (Lipinski definition) is 1. The summed E-state index contributed by atoms with van der Waals surface area (Å²) in [5, 5.41) is 8.75. The number of carbonyl (C=O) groups is 2. The molecule has 1 aliphatic heterocycles. The van der Waals surface area contributed by atoms with Crippen molar-refractivity contribution in [2.24, 2.45) is 0 Å². The maximum atomic E-state index is 11.9. The monoisotopic (exact) mass is 284 g/mol. The van der Waals surface area contributed by atoms with Crippen LogP contribution >= 0.6 is 0 Å². The van der Waals surface area contributed by atoms with Gasteiger partial charge >= 0.3 is 12.1 Å². The van der Waals surface area contributed by atoms with Gasteiger partial charge in [-0.1, -0.05) is 6.58 Å². The van der Waals surface area contributed by atoms with Gasteiger partial charge in [-0.2, -0.15) is 0 Å². The molecule has 1 aliphatic rings. The molecule has 1 heterocycles. The van der Waals surface area contributed by atoms with E-state index in [1.807, 2.05) is 20.8 Å². The fraction of sp³-hybridized carbons (Fsp3) is 0.714. The highest BCUT2D eigenvalue weighted by Crippen LogP contribution is 2.12. The Labute approximate surface area is 120 Å². The minimum absolute atomic E-state index is 0.222. The highest BCUT2D eigenvalue weighted by molar-refractivity contribution is 5.85. The standard InChI is InChI=1S/C14H24N2O4/c1-11(12(17)18)5-6-15-7-9-16(10-8-15)13(19)20-14(2,3)4/h1,5-10H2,2-4H3,(H,17,18). The van der Waals surface area contributed by atoms with E-state index in [4.69, 9.17) is 9.84 Å². The zero-order valence-corrected chi connectivity index (χ0v) is 12.5. The van der Waals surface area contributed by atoms with E-state index >= 15 is 0 Å². The lowest BCUT2D eigenvalue weighted by Gasteiger charge is -2.35. The summed E-state index contributed by atoms with van der Waals surface area (Å²) in [6.07, 6.45) is 0.161. The third kappa shape index (κ3) is 5.61. The Kier molecular flexibility index (Phi) is 5.56. The summed E-state index contributed by atoms with van der Waals surface area (Å²) in [7, 11) is 0. The Balaban J connectivity index is 2.31. The summed E-state index contributed by atoms with van der Waals surface area (Å²) in [6, 6.07) is 0. The van der Waals surface area contributed by atoms with Crippen LogP contribution in [0.4, 0.5) is 4.79 Å². The Morgan fingerprint density at radius 3 is 2.20 bits per heavy atom. The van der Waals surface area contributed by atoms with Crippen molar-refractivity contribution in [3.8, 4) is 0 Å². The van der Waals surface area contributed by atoms with Crippen molar-refractivity contribution in [1.29, 1.82) is 0 Å². The molecule has 0 spiro atoms. The van der Waals surface area contributed by atoms with Crippen molar-refractivity contribution in [3.05, 3.63) is 12.2 Å². The van der Waals surface area contributed by atoms with Crippen LogP contribution in [-0.4, -0.2) is 65.3 Å². The number of carboxylic acid groups (broad SMARTS) is 1. The number of rotatable bonds is 4. The van der Waals surface area contributed by atoms with Crippen LogP contribution in [0.1, 0.15) is 27.2 Å². The molecule has 0 bridgehead atoms. The molecule has 1 saturated heterocycles. The molecule has 114 valence electrons. The van der Waals surface area contributed by atoms with Crippen molar-refractivity contribution >= 4 is 12.1 Å². The van der Waals surface area contributed by atoms with Gasteiger partial charge in [0.25, 0.3) is 0 Å². The largest absolute Gasteiger partial charge is 0.478 e. The van der Waals surface area contributed by atoms with E-state index in [0.717, 1.165) is 13.1 Å². The van der Waals surface area contributed by atoms with Crippen LogP contribution in [0.25, 0.3) is 0 Å². The summed E-state index contributed by atoms with van der Waals surface area (Å²) in [4.78, 5) is 26.4. The van der Waals surface area contributed by atoms with Crippen molar-refractivity contribution in [2.45, 2.75) is 32.8 Å². The number of carbonyl (C=O) groups excluding carboxylic acids is 1. The molecule has 1 fully saturated rings. The summed E-state index contributed by atoms with van der Waals surface area (Å²) in [5.41, 5.74) is -0.257. The predicted octanol–water partition coefficient (Wildman–Crippen LogP) is 1.57. The van der Waals surface area contributed by atoms with Gasteiger partial charge < -0.3 is 14.7 Å². The smallest absolute Gasteiger partial charge is 0.410 e. The van der Waals surface area contributed by atoms with Gasteiger partial charge in [0.05, 0.1) is 0 Å². The van der Waals surface area contributed by atoms with Crippen LogP contribution in [0.3, 0.4) is 0 Å². The molecule has 1 amide bonds. The van der Waals surface area contributed by atoms with E-state index < -0.39 is 11.6 Å². The van der Waals surface area contributed by atoms with E-state index in [-0.39, 0.29) is 11.7 Å². The quantitative estimate of drug-likeness (QED) is 0.794. The van der Waals surface area contributed by atoms with Gasteiger partial charge in [0, 0.05) is 38.3 Å². The Morgan fingerprint density at radius 1 is 1.20 bits per heavy atom. The van der Waals surface area contributed by atoms with Gasteiger partial charge in [0.2, 0.25) is 0 Å². The molecule has 0 aromatic rings. The summed E-state index contributed by atoms with van der Waals surface area (Å²) >= 11 is 0. The maximum absolute atomic E-state index is 11.9. The average molecular weight is 284 g/mol. The first-order valence-corrected chi connectivity index (χ1v) is 6.80. The fourth-order valence-electron chi connectivity index (χ4n) is 1.88. The van der Waals surface area contributed by atoms with Gasteiger partial charge in [-0.25, -0.2) is 9.59 Å². The molecule has 1 N–H and O–H groups in total. The number of piperazine rings is 1. The van der Waals surface area contributed by atoms with Gasteiger partial charge in [-0.15, -0.1) is 0 Å². The molecule has 20 heavy (non-hydrogen) atoms. The first-order chi connectivity index (χ1) is 9.19. The third-order valence-corrected chi connectivity index (χ3v) is 3.06. The summed E-state index contributed by atoms with van der Waals surface area (Å²) < 4.78 is 5.32. The lowest BCUT2D eigenvalue weighted by Crippen LogP contribution is -2.50. The molecule has 0 aromatic carbocycles. The fourth-order valence-corrected chi connectivity index (χ4v) is 1.88. The second kappa shape index (κ2) is 6.74. The van der Waals surface area contributed by atoms with Gasteiger partial charge in [0.15, 0.2) is 0 Å². The Bertz CT molecular complexity index is 379. The first kappa shape index (κ1) is 16.5. The molecule has 0 unspecified atom stereocenters. The van der Waals surface area contributed by atoms with E-state index in [0.29, 0.717) is 26.1 Å². The number of hydrogen-bond acceptors (Lipinski definition) is 4. The van der Waals surface area contributed by atoms with Crippen LogP contribution in [-0.2, 0) is 9.53 Å². The Hall–Kier alpha value is -1.56. The Morgan fingerprint density at radius 2 is 1.75 bits per heavy atom. The molecule has 6 heteroatoms. The van der Waals surface area contributed by atoms with Gasteiger partial charge in [-0.3, -0.25) is 4.90 Å². The highest BCUT2D eigenvalue weighted by Gasteiger charge is 2.25. The molecular weight excluding hydrogens is 260 g/mol. The van der Waals surface area contributed by atoms with E-state index in [2.05, 4.69) is 11.5 Å². The number of amides is 1. The van der Waals surface area contributed by atoms with Crippen LogP contribution in [0.2, 0.25) is 0 Å². The second-order valence-corrected chi connectivity index (χ2v) is 5.97. The van der Waals surface area contributed by atoms with Crippen LogP contribution in [0, 0.1) is 0 Å². The summed E-state index contributed by atoms with van der Waals surface area (Å²) in [5.74, 6) is -0.947. The zero-order chi connectivity index (χ0) is 15.3. The minimum atomic E-state index is -0.947. The molecule has 0 radical (unpaired) electrons. The van der Waals surface area contributed by atoms with Crippen molar-refractivity contribution < 1.29 is 19.4 Å². The van der Waals surface area contributed by atoms with Crippen molar-refractivity contribution in [1.82, 2.24) is 9.80 Å². The topological polar surface area (TPSA) is 70.1 Å². The van der Waals surface area contributed by atoms with E-state index in [1.165, 1.54) is 0 Å². The zero-order valence-electron chi connectivity index (χ0n) is 12.5. The summed E-state index contributed by atoms with van der Waals surface area (Å²) in [6.45, 7) is 12.4. The third-order valence-electron chi connectivity index (χ3n) is 3.06. The van der Waals surface area contributed by atoms with Crippen LogP contribution < -0.4 is 0 Å².